The third-order valence-corrected chi connectivity index (χ3v) is 3.85. The molecular weight excluding hydrogens is 439 g/mol. The van der Waals surface area contributed by atoms with Crippen LogP contribution in [0.1, 0.15) is 20.7 Å². The highest BCUT2D eigenvalue weighted by Crippen LogP contribution is 2.20. The zero-order chi connectivity index (χ0) is 14.7. The maximum absolute atomic E-state index is 12.2. The number of halogens is 2. The molecule has 0 radical (unpaired) electrons. The van der Waals surface area contributed by atoms with Crippen LogP contribution < -0.4 is 5.32 Å². The molecule has 0 aliphatic carbocycles. The molecule has 1 aromatic heterocycles. The van der Waals surface area contributed by atoms with E-state index in [4.69, 9.17) is 5.11 Å². The Morgan fingerprint density at radius 1 is 1.25 bits per heavy atom. The first kappa shape index (κ1) is 14.9. The van der Waals surface area contributed by atoms with E-state index >= 15 is 0 Å². The van der Waals surface area contributed by atoms with Gasteiger partial charge in [-0.05, 0) is 46.9 Å². The summed E-state index contributed by atoms with van der Waals surface area (Å²) in [5.41, 5.74) is 0.859. The fourth-order valence-electron chi connectivity index (χ4n) is 1.50. The Bertz CT molecular complexity index is 691. The van der Waals surface area contributed by atoms with Gasteiger partial charge in [-0.2, -0.15) is 0 Å². The van der Waals surface area contributed by atoms with Gasteiger partial charge in [0.2, 0.25) is 0 Å². The number of amides is 1. The molecule has 0 spiro atoms. The Balaban J connectivity index is 2.25. The summed E-state index contributed by atoms with van der Waals surface area (Å²) in [6, 6.07) is 6.71. The molecule has 2 rings (SSSR count). The summed E-state index contributed by atoms with van der Waals surface area (Å²) in [4.78, 5) is 26.8. The van der Waals surface area contributed by atoms with Crippen LogP contribution in [-0.4, -0.2) is 22.0 Å². The number of carbonyl (C=O) groups excluding carboxylic acids is 1. The smallest absolute Gasteiger partial charge is 0.337 e. The molecular formula is C13H8BrIN2O3. The minimum Gasteiger partial charge on any atom is -0.478 e. The van der Waals surface area contributed by atoms with Crippen LogP contribution in [-0.2, 0) is 0 Å². The van der Waals surface area contributed by atoms with Gasteiger partial charge in [-0.1, -0.05) is 15.9 Å². The van der Waals surface area contributed by atoms with E-state index in [-0.39, 0.29) is 11.5 Å². The summed E-state index contributed by atoms with van der Waals surface area (Å²) in [6.07, 6.45) is 2.62. The first-order valence-corrected chi connectivity index (χ1v) is 7.29. The SMILES string of the molecule is O=C(O)c1cncc(NC(=O)c2cc(Br)ccc2I)c1. The van der Waals surface area contributed by atoms with Crippen molar-refractivity contribution in [3.63, 3.8) is 0 Å². The molecule has 102 valence electrons. The molecule has 20 heavy (non-hydrogen) atoms. The summed E-state index contributed by atoms with van der Waals surface area (Å²) in [7, 11) is 0. The third-order valence-electron chi connectivity index (χ3n) is 2.42. The number of carbonyl (C=O) groups is 2. The maximum Gasteiger partial charge on any atom is 0.337 e. The second-order valence-electron chi connectivity index (χ2n) is 3.85. The number of carboxylic acid groups (broad SMARTS) is 1. The third kappa shape index (κ3) is 3.54. The molecule has 2 N–H and O–H groups in total. The molecule has 5 nitrogen and oxygen atoms in total. The van der Waals surface area contributed by atoms with Crippen LogP contribution in [0.15, 0.2) is 41.1 Å². The number of anilines is 1. The summed E-state index contributed by atoms with van der Waals surface area (Å²) >= 11 is 5.37. The zero-order valence-corrected chi connectivity index (χ0v) is 13.7. The zero-order valence-electron chi connectivity index (χ0n) is 9.93. The second kappa shape index (κ2) is 6.31. The van der Waals surface area contributed by atoms with Crippen LogP contribution in [0.4, 0.5) is 5.69 Å². The number of benzene rings is 1. The van der Waals surface area contributed by atoms with Gasteiger partial charge in [0.1, 0.15) is 0 Å². The molecule has 1 amide bonds. The highest BCUT2D eigenvalue weighted by molar-refractivity contribution is 14.1. The fourth-order valence-corrected chi connectivity index (χ4v) is 2.44. The molecule has 7 heteroatoms. The van der Waals surface area contributed by atoms with Crippen molar-refractivity contribution < 1.29 is 14.7 Å². The molecule has 1 heterocycles. The van der Waals surface area contributed by atoms with E-state index in [0.717, 1.165) is 8.04 Å². The predicted molar refractivity (Wildman–Crippen MR) is 86.0 cm³/mol. The Labute approximate surface area is 136 Å². The fraction of sp³-hybridized carbons (Fsp3) is 0. The van der Waals surface area contributed by atoms with E-state index in [1.165, 1.54) is 18.5 Å². The predicted octanol–water partition coefficient (Wildman–Crippen LogP) is 3.40. The van der Waals surface area contributed by atoms with E-state index in [2.05, 4.69) is 48.8 Å². The van der Waals surface area contributed by atoms with Gasteiger partial charge >= 0.3 is 5.97 Å². The van der Waals surface area contributed by atoms with E-state index in [0.29, 0.717) is 11.3 Å². The lowest BCUT2D eigenvalue weighted by atomic mass is 10.2. The Hall–Kier alpha value is -1.48. The van der Waals surface area contributed by atoms with Crippen molar-refractivity contribution in [2.75, 3.05) is 5.32 Å². The molecule has 0 aliphatic heterocycles. The Kier molecular flexibility index (Phi) is 4.71. The van der Waals surface area contributed by atoms with Gasteiger partial charge in [0.05, 0.1) is 23.0 Å². The Morgan fingerprint density at radius 2 is 2.00 bits per heavy atom. The van der Waals surface area contributed by atoms with Crippen LogP contribution >= 0.6 is 38.5 Å². The number of hydrogen-bond donors (Lipinski definition) is 2. The van der Waals surface area contributed by atoms with Crippen molar-refractivity contribution in [3.05, 3.63) is 55.8 Å². The minimum atomic E-state index is -1.09. The van der Waals surface area contributed by atoms with Gasteiger partial charge in [0.25, 0.3) is 5.91 Å². The second-order valence-corrected chi connectivity index (χ2v) is 5.92. The maximum atomic E-state index is 12.2. The molecule has 0 saturated carbocycles. The molecule has 0 unspecified atom stereocenters. The molecule has 2 aromatic rings. The number of hydrogen-bond acceptors (Lipinski definition) is 3. The summed E-state index contributed by atoms with van der Waals surface area (Å²) in [6.45, 7) is 0. The van der Waals surface area contributed by atoms with Crippen molar-refractivity contribution in [1.29, 1.82) is 0 Å². The number of pyridine rings is 1. The first-order valence-electron chi connectivity index (χ1n) is 5.42. The van der Waals surface area contributed by atoms with Gasteiger partial charge < -0.3 is 10.4 Å². The first-order chi connectivity index (χ1) is 9.47. The summed E-state index contributed by atoms with van der Waals surface area (Å²) in [5.74, 6) is -1.41. The Morgan fingerprint density at radius 3 is 2.70 bits per heavy atom. The molecule has 0 atom stereocenters. The molecule has 0 saturated heterocycles. The normalized spacial score (nSPS) is 10.1. The van der Waals surface area contributed by atoms with Gasteiger partial charge in [-0.25, -0.2) is 4.79 Å². The van der Waals surface area contributed by atoms with Crippen LogP contribution in [0.3, 0.4) is 0 Å². The average molecular weight is 447 g/mol. The van der Waals surface area contributed by atoms with Crippen LogP contribution in [0.2, 0.25) is 0 Å². The van der Waals surface area contributed by atoms with Crippen LogP contribution in [0, 0.1) is 3.57 Å². The lowest BCUT2D eigenvalue weighted by molar-refractivity contribution is 0.0696. The number of aromatic nitrogens is 1. The highest BCUT2D eigenvalue weighted by atomic mass is 127. The largest absolute Gasteiger partial charge is 0.478 e. The molecule has 0 bridgehead atoms. The van der Waals surface area contributed by atoms with Crippen molar-refractivity contribution in [1.82, 2.24) is 4.98 Å². The summed E-state index contributed by atoms with van der Waals surface area (Å²) < 4.78 is 1.59. The number of nitrogens with zero attached hydrogens (tertiary/aromatic N) is 1. The van der Waals surface area contributed by atoms with Crippen molar-refractivity contribution in [3.8, 4) is 0 Å². The standard InChI is InChI=1S/C13H8BrIN2O3/c14-8-1-2-11(15)10(4-8)12(18)17-9-3-7(13(19)20)5-16-6-9/h1-6H,(H,17,18)(H,19,20). The quantitative estimate of drug-likeness (QED) is 0.708. The summed E-state index contributed by atoms with van der Waals surface area (Å²) in [5, 5.41) is 11.5. The lowest BCUT2D eigenvalue weighted by Crippen LogP contribution is -2.14. The van der Waals surface area contributed by atoms with Gasteiger partial charge in [0.15, 0.2) is 0 Å². The number of aromatic carboxylic acids is 1. The highest BCUT2D eigenvalue weighted by Gasteiger charge is 2.12. The number of rotatable bonds is 3. The molecule has 0 fully saturated rings. The molecule has 1 aromatic carbocycles. The van der Waals surface area contributed by atoms with E-state index in [1.807, 2.05) is 12.1 Å². The monoisotopic (exact) mass is 446 g/mol. The van der Waals surface area contributed by atoms with Crippen molar-refractivity contribution >= 4 is 56.1 Å². The van der Waals surface area contributed by atoms with Crippen LogP contribution in [0.25, 0.3) is 0 Å². The van der Waals surface area contributed by atoms with Gasteiger partial charge in [-0.3, -0.25) is 9.78 Å². The van der Waals surface area contributed by atoms with E-state index in [9.17, 15) is 9.59 Å². The van der Waals surface area contributed by atoms with Crippen molar-refractivity contribution in [2.45, 2.75) is 0 Å². The topological polar surface area (TPSA) is 79.3 Å². The average Bonchev–Trinajstić information content (AvgIpc) is 2.41. The lowest BCUT2D eigenvalue weighted by Gasteiger charge is -2.07. The number of nitrogens with one attached hydrogen (secondary N) is 1. The van der Waals surface area contributed by atoms with Gasteiger partial charge in [-0.15, -0.1) is 0 Å². The van der Waals surface area contributed by atoms with Gasteiger partial charge in [0, 0.05) is 14.2 Å². The van der Waals surface area contributed by atoms with E-state index in [1.54, 1.807) is 6.07 Å². The molecule has 0 aliphatic rings. The van der Waals surface area contributed by atoms with Crippen molar-refractivity contribution in [2.24, 2.45) is 0 Å². The minimum absolute atomic E-state index is 0.0201. The van der Waals surface area contributed by atoms with E-state index < -0.39 is 5.97 Å². The number of carboxylic acids is 1. The van der Waals surface area contributed by atoms with Crippen LogP contribution in [0.5, 0.6) is 0 Å².